The highest BCUT2D eigenvalue weighted by Gasteiger charge is 2.19. The Morgan fingerprint density at radius 1 is 1.19 bits per heavy atom. The summed E-state index contributed by atoms with van der Waals surface area (Å²) in [6.45, 7) is 7.04. The lowest BCUT2D eigenvalue weighted by Crippen LogP contribution is -2.44. The Bertz CT molecular complexity index is 719. The van der Waals surface area contributed by atoms with Crippen molar-refractivity contribution in [3.05, 3.63) is 48.2 Å². The Balaban J connectivity index is 2.00. The van der Waals surface area contributed by atoms with Crippen LogP contribution in [0, 0.1) is 5.92 Å². The van der Waals surface area contributed by atoms with E-state index in [0.717, 1.165) is 24.2 Å². The molecule has 3 N–H and O–H groups in total. The number of carbonyl (C=O) groups excluding carboxylic acids is 1. The Morgan fingerprint density at radius 3 is 2.56 bits per heavy atom. The maximum absolute atomic E-state index is 12.2. The molecule has 6 nitrogen and oxygen atoms in total. The van der Waals surface area contributed by atoms with E-state index in [2.05, 4.69) is 17.2 Å². The summed E-state index contributed by atoms with van der Waals surface area (Å²) in [6.07, 6.45) is 3.47. The van der Waals surface area contributed by atoms with Crippen LogP contribution < -0.4 is 20.5 Å². The van der Waals surface area contributed by atoms with Crippen molar-refractivity contribution in [2.24, 2.45) is 11.7 Å². The summed E-state index contributed by atoms with van der Waals surface area (Å²) in [7, 11) is 0. The van der Waals surface area contributed by atoms with E-state index in [4.69, 9.17) is 15.2 Å². The molecule has 0 aliphatic carbocycles. The average molecular weight is 371 g/mol. The van der Waals surface area contributed by atoms with Crippen molar-refractivity contribution in [1.29, 1.82) is 0 Å². The summed E-state index contributed by atoms with van der Waals surface area (Å²) in [6, 6.07) is 10.6. The maximum atomic E-state index is 12.2. The van der Waals surface area contributed by atoms with Gasteiger partial charge in [-0.05, 0) is 42.7 Å². The maximum Gasteiger partial charge on any atom is 0.237 e. The molecule has 0 saturated carbocycles. The number of rotatable bonds is 10. The van der Waals surface area contributed by atoms with Gasteiger partial charge in [-0.1, -0.05) is 33.3 Å². The van der Waals surface area contributed by atoms with Crippen LogP contribution in [0.1, 0.15) is 39.2 Å². The molecule has 0 fully saturated rings. The van der Waals surface area contributed by atoms with Gasteiger partial charge in [0.15, 0.2) is 0 Å². The van der Waals surface area contributed by atoms with Crippen LogP contribution in [-0.4, -0.2) is 23.5 Å². The summed E-state index contributed by atoms with van der Waals surface area (Å²) >= 11 is 0. The average Bonchev–Trinajstić information content (AvgIpc) is 2.71. The molecule has 0 aliphatic heterocycles. The second-order valence-electron chi connectivity index (χ2n) is 6.52. The van der Waals surface area contributed by atoms with Gasteiger partial charge in [0, 0.05) is 18.3 Å². The van der Waals surface area contributed by atoms with Gasteiger partial charge < -0.3 is 20.5 Å². The van der Waals surface area contributed by atoms with Gasteiger partial charge in [0.1, 0.15) is 11.5 Å². The molecule has 146 valence electrons. The number of hydrogen-bond acceptors (Lipinski definition) is 5. The molecule has 1 aromatic carbocycles. The summed E-state index contributed by atoms with van der Waals surface area (Å²) in [4.78, 5) is 16.5. The van der Waals surface area contributed by atoms with Crippen molar-refractivity contribution in [2.75, 3.05) is 6.61 Å². The van der Waals surface area contributed by atoms with Crippen LogP contribution in [0.15, 0.2) is 42.6 Å². The second kappa shape index (κ2) is 10.5. The van der Waals surface area contributed by atoms with E-state index in [-0.39, 0.29) is 11.8 Å². The number of pyridine rings is 1. The normalized spacial score (nSPS) is 12.9. The van der Waals surface area contributed by atoms with E-state index < -0.39 is 6.04 Å². The second-order valence-corrected chi connectivity index (χ2v) is 6.52. The van der Waals surface area contributed by atoms with Crippen LogP contribution in [0.3, 0.4) is 0 Å². The van der Waals surface area contributed by atoms with Crippen molar-refractivity contribution in [1.82, 2.24) is 10.3 Å². The molecule has 2 unspecified atom stereocenters. The molecule has 0 aliphatic rings. The van der Waals surface area contributed by atoms with Crippen LogP contribution in [0.5, 0.6) is 17.4 Å². The van der Waals surface area contributed by atoms with E-state index in [0.29, 0.717) is 24.8 Å². The number of carbonyl (C=O) groups is 1. The van der Waals surface area contributed by atoms with Crippen molar-refractivity contribution >= 4 is 5.91 Å². The fraction of sp³-hybridized carbons (Fsp3) is 0.429. The van der Waals surface area contributed by atoms with Gasteiger partial charge in [0.2, 0.25) is 11.8 Å². The summed E-state index contributed by atoms with van der Waals surface area (Å²) < 4.78 is 11.5. The van der Waals surface area contributed by atoms with Gasteiger partial charge in [0.05, 0.1) is 12.6 Å². The number of ether oxygens (including phenoxy) is 2. The molecule has 2 rings (SSSR count). The van der Waals surface area contributed by atoms with Crippen molar-refractivity contribution in [3.63, 3.8) is 0 Å². The molecule has 1 heterocycles. The zero-order valence-electron chi connectivity index (χ0n) is 16.3. The minimum Gasteiger partial charge on any atom is -0.494 e. The van der Waals surface area contributed by atoms with Gasteiger partial charge in [0.25, 0.3) is 0 Å². The number of nitrogens with zero attached hydrogens (tertiary/aromatic N) is 1. The quantitative estimate of drug-likeness (QED) is 0.666. The van der Waals surface area contributed by atoms with Crippen LogP contribution in [0.2, 0.25) is 0 Å². The third-order valence-electron chi connectivity index (χ3n) is 4.37. The third kappa shape index (κ3) is 6.25. The molecule has 0 spiro atoms. The van der Waals surface area contributed by atoms with Gasteiger partial charge in [-0.2, -0.15) is 0 Å². The van der Waals surface area contributed by atoms with Crippen LogP contribution in [-0.2, 0) is 11.3 Å². The number of nitrogens with two attached hydrogens (primary N) is 1. The van der Waals surface area contributed by atoms with Gasteiger partial charge in [-0.25, -0.2) is 4.98 Å². The first-order chi connectivity index (χ1) is 13.0. The molecule has 6 heteroatoms. The monoisotopic (exact) mass is 371 g/mol. The van der Waals surface area contributed by atoms with Gasteiger partial charge in [-0.15, -0.1) is 0 Å². The molecular formula is C21H29N3O3. The lowest BCUT2D eigenvalue weighted by molar-refractivity contribution is -0.123. The Morgan fingerprint density at radius 2 is 1.89 bits per heavy atom. The first-order valence-corrected chi connectivity index (χ1v) is 9.43. The van der Waals surface area contributed by atoms with Crippen LogP contribution >= 0.6 is 0 Å². The lowest BCUT2D eigenvalue weighted by atomic mass is 9.99. The Labute approximate surface area is 161 Å². The standard InChI is InChI=1S/C21H29N3O3/c1-4-13-26-17-8-10-18(11-9-17)27-21-16(7-6-12-23-21)14-24-20(25)19(22)15(3)5-2/h6-12,15,19H,4-5,13-14,22H2,1-3H3,(H,24,25). The fourth-order valence-corrected chi connectivity index (χ4v) is 2.40. The predicted octanol–water partition coefficient (Wildman–Crippen LogP) is 3.65. The number of amides is 1. The Hall–Kier alpha value is -2.60. The van der Waals surface area contributed by atoms with Crippen LogP contribution in [0.25, 0.3) is 0 Å². The molecule has 2 aromatic rings. The molecule has 1 aromatic heterocycles. The first-order valence-electron chi connectivity index (χ1n) is 9.43. The SMILES string of the molecule is CCCOc1ccc(Oc2ncccc2CNC(=O)C(N)C(C)CC)cc1. The van der Waals surface area contributed by atoms with Crippen molar-refractivity contribution in [3.8, 4) is 17.4 Å². The van der Waals surface area contributed by atoms with Gasteiger partial charge >= 0.3 is 0 Å². The molecule has 0 radical (unpaired) electrons. The number of nitrogens with one attached hydrogen (secondary N) is 1. The molecule has 2 atom stereocenters. The minimum atomic E-state index is -0.522. The number of aromatic nitrogens is 1. The highest BCUT2D eigenvalue weighted by atomic mass is 16.5. The van der Waals surface area contributed by atoms with Crippen molar-refractivity contribution < 1.29 is 14.3 Å². The molecule has 1 amide bonds. The Kier molecular flexibility index (Phi) is 8.07. The third-order valence-corrected chi connectivity index (χ3v) is 4.37. The number of benzene rings is 1. The van der Waals surface area contributed by atoms with E-state index in [1.165, 1.54) is 0 Å². The fourth-order valence-electron chi connectivity index (χ4n) is 2.40. The zero-order valence-corrected chi connectivity index (χ0v) is 16.3. The smallest absolute Gasteiger partial charge is 0.237 e. The van der Waals surface area contributed by atoms with E-state index >= 15 is 0 Å². The van der Waals surface area contributed by atoms with E-state index in [9.17, 15) is 4.79 Å². The first kappa shape index (κ1) is 20.7. The summed E-state index contributed by atoms with van der Waals surface area (Å²) in [5, 5.41) is 2.87. The minimum absolute atomic E-state index is 0.128. The van der Waals surface area contributed by atoms with Gasteiger partial charge in [-0.3, -0.25) is 4.79 Å². The predicted molar refractivity (Wildman–Crippen MR) is 106 cm³/mol. The van der Waals surface area contributed by atoms with Crippen molar-refractivity contribution in [2.45, 2.75) is 46.2 Å². The molecular weight excluding hydrogens is 342 g/mol. The molecule has 27 heavy (non-hydrogen) atoms. The zero-order chi connectivity index (χ0) is 19.6. The highest BCUT2D eigenvalue weighted by Crippen LogP contribution is 2.25. The molecule has 0 saturated heterocycles. The topological polar surface area (TPSA) is 86.5 Å². The summed E-state index contributed by atoms with van der Waals surface area (Å²) in [5.41, 5.74) is 6.76. The van der Waals surface area contributed by atoms with E-state index in [1.54, 1.807) is 6.20 Å². The number of hydrogen-bond donors (Lipinski definition) is 2. The highest BCUT2D eigenvalue weighted by molar-refractivity contribution is 5.81. The van der Waals surface area contributed by atoms with E-state index in [1.807, 2.05) is 50.2 Å². The molecule has 0 bridgehead atoms. The van der Waals surface area contributed by atoms with Crippen LogP contribution in [0.4, 0.5) is 0 Å². The largest absolute Gasteiger partial charge is 0.494 e. The lowest BCUT2D eigenvalue weighted by Gasteiger charge is -2.18. The summed E-state index contributed by atoms with van der Waals surface area (Å²) in [5.74, 6) is 1.87.